The molecule has 2 aromatic carbocycles. The minimum Gasteiger partial charge on any atom is -0.364 e. The Morgan fingerprint density at radius 2 is 2.00 bits per heavy atom. The van der Waals surface area contributed by atoms with E-state index in [1.807, 2.05) is 12.1 Å². The van der Waals surface area contributed by atoms with Gasteiger partial charge in [-0.05, 0) is 54.8 Å². The maximum Gasteiger partial charge on any atom is 0.123 e. The van der Waals surface area contributed by atoms with Crippen LogP contribution in [0, 0.1) is 5.82 Å². The van der Waals surface area contributed by atoms with Gasteiger partial charge in [0, 0.05) is 12.2 Å². The fourth-order valence-electron chi connectivity index (χ4n) is 3.22. The van der Waals surface area contributed by atoms with Crippen LogP contribution in [0.5, 0.6) is 0 Å². The topological polar surface area (TPSA) is 31.9 Å². The van der Waals surface area contributed by atoms with Crippen LogP contribution in [0.4, 0.5) is 10.1 Å². The summed E-state index contributed by atoms with van der Waals surface area (Å²) >= 11 is 0. The van der Waals surface area contributed by atoms with E-state index in [0.717, 1.165) is 36.1 Å². The molecule has 1 aliphatic heterocycles. The molecule has 3 aromatic rings. The van der Waals surface area contributed by atoms with E-state index in [2.05, 4.69) is 33.1 Å². The molecular weight excluding hydrogens is 265 g/mol. The Kier molecular flexibility index (Phi) is 2.88. The Morgan fingerprint density at radius 3 is 2.86 bits per heavy atom. The number of anilines is 1. The summed E-state index contributed by atoms with van der Waals surface area (Å²) in [5.41, 5.74) is 4.43. The normalized spacial score (nSPS) is 18.5. The highest BCUT2D eigenvalue weighted by molar-refractivity contribution is 5.75. The highest BCUT2D eigenvalue weighted by Crippen LogP contribution is 2.36. The highest BCUT2D eigenvalue weighted by Gasteiger charge is 2.26. The van der Waals surface area contributed by atoms with Crippen molar-refractivity contribution < 1.29 is 4.39 Å². The van der Waals surface area contributed by atoms with Crippen molar-refractivity contribution in [1.29, 1.82) is 0 Å². The Bertz CT molecular complexity index is 763. The third-order valence-electron chi connectivity index (χ3n) is 4.24. The van der Waals surface area contributed by atoms with Gasteiger partial charge in [-0.1, -0.05) is 6.07 Å². The average Bonchev–Trinajstić information content (AvgIpc) is 3.16. The molecule has 1 N–H and O–H groups in total. The van der Waals surface area contributed by atoms with Gasteiger partial charge in [0.1, 0.15) is 5.82 Å². The van der Waals surface area contributed by atoms with Crippen LogP contribution in [0.3, 0.4) is 0 Å². The quantitative estimate of drug-likeness (QED) is 0.768. The minimum absolute atomic E-state index is 0.187. The smallest absolute Gasteiger partial charge is 0.123 e. The second kappa shape index (κ2) is 4.88. The van der Waals surface area contributed by atoms with Gasteiger partial charge in [0.15, 0.2) is 0 Å². The van der Waals surface area contributed by atoms with Gasteiger partial charge >= 0.3 is 0 Å². The Balaban J connectivity index is 1.70. The fraction of sp³-hybridized carbons (Fsp3) is 0.235. The van der Waals surface area contributed by atoms with E-state index in [-0.39, 0.29) is 5.82 Å². The van der Waals surface area contributed by atoms with Crippen LogP contribution >= 0.6 is 0 Å². The first kappa shape index (κ1) is 12.4. The number of H-pyrrole nitrogens is 1. The average molecular weight is 281 g/mol. The monoisotopic (exact) mass is 281 g/mol. The second-order valence-electron chi connectivity index (χ2n) is 5.51. The number of aromatic amines is 1. The maximum atomic E-state index is 13.1. The lowest BCUT2D eigenvalue weighted by molar-refractivity contribution is 0.627. The lowest BCUT2D eigenvalue weighted by Gasteiger charge is -2.27. The number of imidazole rings is 1. The van der Waals surface area contributed by atoms with E-state index in [4.69, 9.17) is 0 Å². The standard InChI is InChI=1S/C17H16FN3/c18-13-4-6-14(7-5-13)21-9-1-2-17(21)12-3-8-15-16(10-12)20-11-19-15/h3-8,10-11,17H,1-2,9H2,(H,19,20). The van der Waals surface area contributed by atoms with Crippen molar-refractivity contribution in [1.82, 2.24) is 9.97 Å². The lowest BCUT2D eigenvalue weighted by Crippen LogP contribution is -2.22. The van der Waals surface area contributed by atoms with E-state index in [0.29, 0.717) is 6.04 Å². The Hall–Kier alpha value is -2.36. The number of nitrogens with one attached hydrogen (secondary N) is 1. The zero-order valence-corrected chi connectivity index (χ0v) is 11.6. The fourth-order valence-corrected chi connectivity index (χ4v) is 3.22. The number of aromatic nitrogens is 2. The molecule has 1 aliphatic rings. The van der Waals surface area contributed by atoms with Crippen molar-refractivity contribution in [2.24, 2.45) is 0 Å². The molecule has 106 valence electrons. The van der Waals surface area contributed by atoms with Crippen LogP contribution in [-0.4, -0.2) is 16.5 Å². The molecule has 21 heavy (non-hydrogen) atoms. The number of benzene rings is 2. The van der Waals surface area contributed by atoms with Crippen LogP contribution < -0.4 is 4.90 Å². The second-order valence-corrected chi connectivity index (χ2v) is 5.51. The predicted molar refractivity (Wildman–Crippen MR) is 81.8 cm³/mol. The number of halogens is 1. The molecule has 1 atom stereocenters. The molecule has 4 heteroatoms. The number of fused-ring (bicyclic) bond motifs is 1. The SMILES string of the molecule is Fc1ccc(N2CCCC2c2ccc3nc[nH]c3c2)cc1. The van der Waals surface area contributed by atoms with Crippen molar-refractivity contribution in [3.8, 4) is 0 Å². The first-order valence-corrected chi connectivity index (χ1v) is 7.26. The van der Waals surface area contributed by atoms with Gasteiger partial charge in [0.25, 0.3) is 0 Å². The molecule has 4 rings (SSSR count). The van der Waals surface area contributed by atoms with Crippen LogP contribution in [0.15, 0.2) is 48.8 Å². The first-order chi connectivity index (χ1) is 10.3. The molecular formula is C17H16FN3. The summed E-state index contributed by atoms with van der Waals surface area (Å²) in [6, 6.07) is 13.5. The molecule has 3 nitrogen and oxygen atoms in total. The van der Waals surface area contributed by atoms with Gasteiger partial charge in [0.2, 0.25) is 0 Å². The van der Waals surface area contributed by atoms with Crippen molar-refractivity contribution in [2.45, 2.75) is 18.9 Å². The molecule has 0 bridgehead atoms. The summed E-state index contributed by atoms with van der Waals surface area (Å²) in [7, 11) is 0. The van der Waals surface area contributed by atoms with Crippen molar-refractivity contribution in [2.75, 3.05) is 11.4 Å². The molecule has 1 fully saturated rings. The van der Waals surface area contributed by atoms with Crippen molar-refractivity contribution in [3.05, 3.63) is 60.2 Å². The summed E-state index contributed by atoms with van der Waals surface area (Å²) in [5, 5.41) is 0. The van der Waals surface area contributed by atoms with E-state index in [1.54, 1.807) is 6.33 Å². The Morgan fingerprint density at radius 1 is 1.14 bits per heavy atom. The predicted octanol–water partition coefficient (Wildman–Crippen LogP) is 4.04. The molecule has 1 saturated heterocycles. The third kappa shape index (κ3) is 2.17. The zero-order valence-electron chi connectivity index (χ0n) is 11.6. The van der Waals surface area contributed by atoms with Crippen LogP contribution in [0.1, 0.15) is 24.4 Å². The number of hydrogen-bond donors (Lipinski definition) is 1. The van der Waals surface area contributed by atoms with Gasteiger partial charge < -0.3 is 9.88 Å². The van der Waals surface area contributed by atoms with Crippen LogP contribution in [-0.2, 0) is 0 Å². The summed E-state index contributed by atoms with van der Waals surface area (Å²) in [5.74, 6) is -0.187. The summed E-state index contributed by atoms with van der Waals surface area (Å²) < 4.78 is 13.1. The van der Waals surface area contributed by atoms with Crippen molar-refractivity contribution >= 4 is 16.7 Å². The van der Waals surface area contributed by atoms with Gasteiger partial charge in [-0.15, -0.1) is 0 Å². The molecule has 0 aliphatic carbocycles. The van der Waals surface area contributed by atoms with Crippen LogP contribution in [0.2, 0.25) is 0 Å². The van der Waals surface area contributed by atoms with Gasteiger partial charge in [-0.2, -0.15) is 0 Å². The lowest BCUT2D eigenvalue weighted by atomic mass is 10.0. The molecule has 0 spiro atoms. The van der Waals surface area contributed by atoms with Gasteiger partial charge in [-0.3, -0.25) is 0 Å². The summed E-state index contributed by atoms with van der Waals surface area (Å²) in [6.45, 7) is 1.01. The zero-order chi connectivity index (χ0) is 14.2. The summed E-state index contributed by atoms with van der Waals surface area (Å²) in [4.78, 5) is 9.79. The third-order valence-corrected chi connectivity index (χ3v) is 4.24. The number of rotatable bonds is 2. The van der Waals surface area contributed by atoms with Crippen molar-refractivity contribution in [3.63, 3.8) is 0 Å². The van der Waals surface area contributed by atoms with Gasteiger partial charge in [-0.25, -0.2) is 9.37 Å². The maximum absolute atomic E-state index is 13.1. The van der Waals surface area contributed by atoms with E-state index < -0.39 is 0 Å². The van der Waals surface area contributed by atoms with Gasteiger partial charge in [0.05, 0.1) is 23.4 Å². The Labute approximate surface area is 122 Å². The molecule has 0 saturated carbocycles. The molecule has 1 aromatic heterocycles. The van der Waals surface area contributed by atoms with Crippen LogP contribution in [0.25, 0.3) is 11.0 Å². The minimum atomic E-state index is -0.187. The van der Waals surface area contributed by atoms with E-state index in [1.165, 1.54) is 17.7 Å². The molecule has 2 heterocycles. The first-order valence-electron chi connectivity index (χ1n) is 7.26. The largest absolute Gasteiger partial charge is 0.364 e. The van der Waals surface area contributed by atoms with E-state index >= 15 is 0 Å². The highest BCUT2D eigenvalue weighted by atomic mass is 19.1. The number of hydrogen-bond acceptors (Lipinski definition) is 2. The molecule has 0 radical (unpaired) electrons. The van der Waals surface area contributed by atoms with E-state index in [9.17, 15) is 4.39 Å². The molecule has 1 unspecified atom stereocenters. The number of nitrogens with zero attached hydrogens (tertiary/aromatic N) is 2. The summed E-state index contributed by atoms with van der Waals surface area (Å²) in [6.07, 6.45) is 4.00. The molecule has 0 amide bonds.